The molecule has 0 N–H and O–H groups in total. The van der Waals surface area contributed by atoms with Crippen LogP contribution in [0.4, 0.5) is 17.1 Å². The first kappa shape index (κ1) is 33.0. The van der Waals surface area contributed by atoms with Gasteiger partial charge in [-0.3, -0.25) is 0 Å². The molecule has 6 heteroatoms. The Morgan fingerprint density at radius 2 is 0.947 bits per heavy atom. The second-order valence-corrected chi connectivity index (χ2v) is 15.1. The number of nitrogens with zero attached hydrogens (tertiary/aromatic N) is 4. The molecule has 57 heavy (non-hydrogen) atoms. The van der Waals surface area contributed by atoms with Gasteiger partial charge in [-0.2, -0.15) is 0 Å². The maximum absolute atomic E-state index is 6.58. The summed E-state index contributed by atoms with van der Waals surface area (Å²) in [5.74, 6) is 1.86. The zero-order valence-electron chi connectivity index (χ0n) is 30.6. The molecule has 3 heterocycles. The summed E-state index contributed by atoms with van der Waals surface area (Å²) in [6.07, 6.45) is 0. The molecular formula is C51H32N4OS. The van der Waals surface area contributed by atoms with Crippen molar-refractivity contribution in [2.45, 2.75) is 0 Å². The summed E-state index contributed by atoms with van der Waals surface area (Å²) in [5.41, 5.74) is 9.84. The fourth-order valence-electron chi connectivity index (χ4n) is 7.80. The minimum atomic E-state index is 0.602. The molecule has 11 aromatic rings. The third-order valence-electron chi connectivity index (χ3n) is 10.5. The van der Waals surface area contributed by atoms with Crippen LogP contribution in [0.15, 0.2) is 199 Å². The topological polar surface area (TPSA) is 55.1 Å². The zero-order chi connectivity index (χ0) is 37.7. The van der Waals surface area contributed by atoms with Crippen LogP contribution in [-0.2, 0) is 0 Å². The van der Waals surface area contributed by atoms with Crippen molar-refractivity contribution in [2.75, 3.05) is 4.90 Å². The van der Waals surface area contributed by atoms with Crippen molar-refractivity contribution in [2.24, 2.45) is 0 Å². The molecule has 268 valence electrons. The molecule has 0 saturated carbocycles. The molecule has 3 aromatic heterocycles. The summed E-state index contributed by atoms with van der Waals surface area (Å²) >= 11 is 1.79. The molecule has 0 saturated heterocycles. The van der Waals surface area contributed by atoms with Gasteiger partial charge in [0.05, 0.1) is 0 Å². The smallest absolute Gasteiger partial charge is 0.164 e. The lowest BCUT2D eigenvalue weighted by atomic mass is 10.0. The zero-order valence-corrected chi connectivity index (χ0v) is 31.4. The van der Waals surface area contributed by atoms with Crippen molar-refractivity contribution in [1.29, 1.82) is 0 Å². The Kier molecular flexibility index (Phi) is 7.93. The van der Waals surface area contributed by atoms with Gasteiger partial charge in [0.25, 0.3) is 0 Å². The highest BCUT2D eigenvalue weighted by Crippen LogP contribution is 2.41. The first-order valence-electron chi connectivity index (χ1n) is 18.9. The maximum Gasteiger partial charge on any atom is 0.164 e. The van der Waals surface area contributed by atoms with Crippen LogP contribution in [0.2, 0.25) is 0 Å². The van der Waals surface area contributed by atoms with Gasteiger partial charge in [0.2, 0.25) is 0 Å². The van der Waals surface area contributed by atoms with Crippen LogP contribution >= 0.6 is 11.3 Å². The first-order valence-corrected chi connectivity index (χ1v) is 19.7. The Balaban J connectivity index is 0.999. The molecule has 0 aliphatic carbocycles. The van der Waals surface area contributed by atoms with E-state index in [9.17, 15) is 0 Å². The van der Waals surface area contributed by atoms with Gasteiger partial charge in [0.1, 0.15) is 11.2 Å². The van der Waals surface area contributed by atoms with Crippen molar-refractivity contribution in [3.05, 3.63) is 194 Å². The summed E-state index contributed by atoms with van der Waals surface area (Å²) < 4.78 is 9.05. The Morgan fingerprint density at radius 1 is 0.368 bits per heavy atom. The average Bonchev–Trinajstić information content (AvgIpc) is 3.85. The molecule has 5 nitrogen and oxygen atoms in total. The Hall–Kier alpha value is -7.41. The van der Waals surface area contributed by atoms with Gasteiger partial charge in [-0.25, -0.2) is 15.0 Å². The number of rotatable bonds is 7. The Labute approximate surface area is 332 Å². The van der Waals surface area contributed by atoms with Crippen molar-refractivity contribution in [3.63, 3.8) is 0 Å². The molecule has 0 spiro atoms. The molecule has 8 aromatic carbocycles. The number of fused-ring (bicyclic) bond motifs is 6. The van der Waals surface area contributed by atoms with Gasteiger partial charge in [-0.05, 0) is 77.9 Å². The van der Waals surface area contributed by atoms with E-state index in [0.29, 0.717) is 17.5 Å². The van der Waals surface area contributed by atoms with Crippen molar-refractivity contribution in [3.8, 4) is 45.3 Å². The number of furan rings is 1. The highest BCUT2D eigenvalue weighted by Gasteiger charge is 2.19. The van der Waals surface area contributed by atoms with Gasteiger partial charge >= 0.3 is 0 Å². The summed E-state index contributed by atoms with van der Waals surface area (Å²) in [6, 6.07) is 67.4. The summed E-state index contributed by atoms with van der Waals surface area (Å²) in [6.45, 7) is 0. The van der Waals surface area contributed by atoms with Crippen molar-refractivity contribution < 1.29 is 4.42 Å². The lowest BCUT2D eigenvalue weighted by Gasteiger charge is -2.25. The Bertz CT molecular complexity index is 3190. The minimum absolute atomic E-state index is 0.602. The van der Waals surface area contributed by atoms with E-state index in [0.717, 1.165) is 66.8 Å². The molecule has 0 bridgehead atoms. The number of hydrogen-bond acceptors (Lipinski definition) is 6. The largest absolute Gasteiger partial charge is 0.456 e. The van der Waals surface area contributed by atoms with Gasteiger partial charge in [0, 0.05) is 64.7 Å². The number of aromatic nitrogens is 3. The van der Waals surface area contributed by atoms with Crippen LogP contribution in [0, 0.1) is 0 Å². The second-order valence-electron chi connectivity index (χ2n) is 14.0. The molecule has 0 unspecified atom stereocenters. The molecule has 0 radical (unpaired) electrons. The number of hydrogen-bond donors (Lipinski definition) is 0. The third kappa shape index (κ3) is 5.91. The standard InChI is InChI=1S/C51H32N4OS/c1-4-13-34(14-5-1)49-52-50(36-26-29-41-40-19-10-11-22-46(40)57-47(41)32-36)54-51(53-49)43-20-12-21-44-48(43)42-30-25-35(31-45(42)56-44)33-23-27-39(28-24-33)55(37-15-6-2-7-16-37)38-17-8-3-9-18-38/h1-32H. The lowest BCUT2D eigenvalue weighted by molar-refractivity contribution is 0.669. The number of benzene rings is 8. The Morgan fingerprint density at radius 3 is 1.70 bits per heavy atom. The van der Waals surface area contributed by atoms with E-state index < -0.39 is 0 Å². The van der Waals surface area contributed by atoms with Crippen molar-refractivity contribution >= 4 is 70.5 Å². The number of thiophene rings is 1. The van der Waals surface area contributed by atoms with Gasteiger partial charge in [-0.15, -0.1) is 11.3 Å². The van der Waals surface area contributed by atoms with Crippen LogP contribution in [0.3, 0.4) is 0 Å². The van der Waals surface area contributed by atoms with E-state index >= 15 is 0 Å². The molecule has 0 atom stereocenters. The fourth-order valence-corrected chi connectivity index (χ4v) is 8.95. The van der Waals surface area contributed by atoms with E-state index in [1.165, 1.54) is 20.2 Å². The van der Waals surface area contributed by atoms with E-state index in [-0.39, 0.29) is 0 Å². The maximum atomic E-state index is 6.58. The van der Waals surface area contributed by atoms with Gasteiger partial charge < -0.3 is 9.32 Å². The molecule has 0 fully saturated rings. The third-order valence-corrected chi connectivity index (χ3v) is 11.7. The number of anilines is 3. The minimum Gasteiger partial charge on any atom is -0.456 e. The summed E-state index contributed by atoms with van der Waals surface area (Å²) in [4.78, 5) is 17.6. The van der Waals surface area contributed by atoms with Gasteiger partial charge in [0.15, 0.2) is 17.5 Å². The molecule has 0 aliphatic rings. The van der Waals surface area contributed by atoms with E-state index in [2.05, 4.69) is 144 Å². The van der Waals surface area contributed by atoms with Crippen molar-refractivity contribution in [1.82, 2.24) is 15.0 Å². The van der Waals surface area contributed by atoms with Crippen LogP contribution in [-0.4, -0.2) is 15.0 Å². The first-order chi connectivity index (χ1) is 28.2. The predicted molar refractivity (Wildman–Crippen MR) is 236 cm³/mol. The normalized spacial score (nSPS) is 11.5. The lowest BCUT2D eigenvalue weighted by Crippen LogP contribution is -2.09. The predicted octanol–water partition coefficient (Wildman–Crippen LogP) is 14.3. The van der Waals surface area contributed by atoms with E-state index in [4.69, 9.17) is 19.4 Å². The number of para-hydroxylation sites is 2. The van der Waals surface area contributed by atoms with Crippen LogP contribution in [0.1, 0.15) is 0 Å². The molecule has 0 amide bonds. The quantitative estimate of drug-likeness (QED) is 0.162. The highest BCUT2D eigenvalue weighted by molar-refractivity contribution is 7.25. The fraction of sp³-hybridized carbons (Fsp3) is 0. The second kappa shape index (κ2) is 13.7. The van der Waals surface area contributed by atoms with E-state index in [1.54, 1.807) is 11.3 Å². The van der Waals surface area contributed by atoms with E-state index in [1.807, 2.05) is 54.6 Å². The summed E-state index contributed by atoms with van der Waals surface area (Å²) in [5, 5.41) is 4.49. The van der Waals surface area contributed by atoms with Crippen LogP contribution in [0.25, 0.3) is 87.4 Å². The molecule has 11 rings (SSSR count). The van der Waals surface area contributed by atoms with Crippen LogP contribution < -0.4 is 4.90 Å². The van der Waals surface area contributed by atoms with Gasteiger partial charge in [-0.1, -0.05) is 127 Å². The SMILES string of the molecule is c1ccc(-c2nc(-c3ccc4c(c3)sc3ccccc34)nc(-c3cccc4oc5cc(-c6ccc(N(c7ccccc7)c7ccccc7)cc6)ccc5c34)n2)cc1. The van der Waals surface area contributed by atoms with Crippen LogP contribution in [0.5, 0.6) is 0 Å². The highest BCUT2D eigenvalue weighted by atomic mass is 32.1. The average molecular weight is 749 g/mol. The summed E-state index contributed by atoms with van der Waals surface area (Å²) in [7, 11) is 0. The molecular weight excluding hydrogens is 717 g/mol. The monoisotopic (exact) mass is 748 g/mol. The molecule has 0 aliphatic heterocycles.